The molecule has 1 fully saturated rings. The highest BCUT2D eigenvalue weighted by Crippen LogP contribution is 2.30. The zero-order chi connectivity index (χ0) is 15.2. The molecule has 0 saturated carbocycles. The molecule has 1 heterocycles. The number of ether oxygens (including phenoxy) is 3. The van der Waals surface area contributed by atoms with Crippen molar-refractivity contribution in [2.75, 3.05) is 47.5 Å². The molecule has 0 amide bonds. The molecule has 2 atom stereocenters. The number of methoxy groups -OCH3 is 1. The van der Waals surface area contributed by atoms with Crippen LogP contribution in [0.2, 0.25) is 0 Å². The Morgan fingerprint density at radius 1 is 1.43 bits per heavy atom. The molecule has 1 aliphatic heterocycles. The Bertz CT molecular complexity index is 453. The topological polar surface area (TPSA) is 43.0 Å². The lowest BCUT2D eigenvalue weighted by atomic mass is 10.1. The zero-order valence-electron chi connectivity index (χ0n) is 13.4. The van der Waals surface area contributed by atoms with E-state index in [2.05, 4.69) is 30.3 Å². The van der Waals surface area contributed by atoms with Gasteiger partial charge in [0, 0.05) is 19.1 Å². The number of benzene rings is 1. The van der Waals surface area contributed by atoms with Crippen LogP contribution in [0.15, 0.2) is 18.2 Å². The molecule has 0 aliphatic carbocycles. The molecule has 1 aromatic rings. The van der Waals surface area contributed by atoms with Gasteiger partial charge in [0.1, 0.15) is 12.7 Å². The fraction of sp³-hybridized carbons (Fsp3) is 0.625. The SMILES string of the molecule is CNC(C)c1ccc(OCC2CN(C)CCO2)c(OC)c1. The minimum Gasteiger partial charge on any atom is -0.493 e. The van der Waals surface area contributed by atoms with Crippen molar-refractivity contribution in [3.63, 3.8) is 0 Å². The second-order valence-corrected chi connectivity index (χ2v) is 5.49. The summed E-state index contributed by atoms with van der Waals surface area (Å²) >= 11 is 0. The third-order valence-electron chi connectivity index (χ3n) is 3.89. The Hall–Kier alpha value is -1.30. The lowest BCUT2D eigenvalue weighted by Gasteiger charge is -2.30. The summed E-state index contributed by atoms with van der Waals surface area (Å²) in [7, 11) is 5.71. The molecular weight excluding hydrogens is 268 g/mol. The predicted octanol–water partition coefficient (Wildman–Crippen LogP) is 1.68. The third kappa shape index (κ3) is 4.33. The number of nitrogens with zero attached hydrogens (tertiary/aromatic N) is 1. The van der Waals surface area contributed by atoms with Crippen LogP contribution in [0.25, 0.3) is 0 Å². The average molecular weight is 294 g/mol. The number of hydrogen-bond donors (Lipinski definition) is 1. The Morgan fingerprint density at radius 3 is 2.90 bits per heavy atom. The standard InChI is InChI=1S/C16H26N2O3/c1-12(17-2)13-5-6-15(16(9-13)19-4)21-11-14-10-18(3)7-8-20-14/h5-6,9,12,14,17H,7-8,10-11H2,1-4H3. The quantitative estimate of drug-likeness (QED) is 0.865. The lowest BCUT2D eigenvalue weighted by Crippen LogP contribution is -2.42. The van der Waals surface area contributed by atoms with Crippen molar-refractivity contribution >= 4 is 0 Å². The van der Waals surface area contributed by atoms with Gasteiger partial charge in [0.25, 0.3) is 0 Å². The summed E-state index contributed by atoms with van der Waals surface area (Å²) in [5.41, 5.74) is 1.18. The van der Waals surface area contributed by atoms with Gasteiger partial charge in [-0.3, -0.25) is 0 Å². The number of hydrogen-bond acceptors (Lipinski definition) is 5. The monoisotopic (exact) mass is 294 g/mol. The van der Waals surface area contributed by atoms with Gasteiger partial charge in [-0.05, 0) is 38.7 Å². The van der Waals surface area contributed by atoms with E-state index in [4.69, 9.17) is 14.2 Å². The van der Waals surface area contributed by atoms with Gasteiger partial charge in [0.05, 0.1) is 13.7 Å². The van der Waals surface area contributed by atoms with Crippen LogP contribution in [0.1, 0.15) is 18.5 Å². The van der Waals surface area contributed by atoms with Crippen molar-refractivity contribution in [2.24, 2.45) is 0 Å². The van der Waals surface area contributed by atoms with Gasteiger partial charge in [-0.15, -0.1) is 0 Å². The third-order valence-corrected chi connectivity index (χ3v) is 3.89. The molecule has 118 valence electrons. The van der Waals surface area contributed by atoms with Gasteiger partial charge in [-0.2, -0.15) is 0 Å². The summed E-state index contributed by atoms with van der Waals surface area (Å²) in [6.45, 7) is 5.30. The van der Waals surface area contributed by atoms with E-state index in [9.17, 15) is 0 Å². The highest BCUT2D eigenvalue weighted by atomic mass is 16.5. The first-order valence-electron chi connectivity index (χ1n) is 7.42. The van der Waals surface area contributed by atoms with Gasteiger partial charge in [-0.25, -0.2) is 0 Å². The number of rotatable bonds is 6. The van der Waals surface area contributed by atoms with Crippen molar-refractivity contribution in [1.82, 2.24) is 10.2 Å². The summed E-state index contributed by atoms with van der Waals surface area (Å²) in [5.74, 6) is 1.53. The van der Waals surface area contributed by atoms with Crippen molar-refractivity contribution in [2.45, 2.75) is 19.1 Å². The highest BCUT2D eigenvalue weighted by molar-refractivity contribution is 5.43. The molecule has 5 nitrogen and oxygen atoms in total. The largest absolute Gasteiger partial charge is 0.493 e. The number of likely N-dealkylation sites (N-methyl/N-ethyl adjacent to an activating group) is 1. The van der Waals surface area contributed by atoms with E-state index in [1.165, 1.54) is 5.56 Å². The molecule has 1 N–H and O–H groups in total. The molecule has 1 saturated heterocycles. The highest BCUT2D eigenvalue weighted by Gasteiger charge is 2.19. The molecular formula is C16H26N2O3. The number of morpholine rings is 1. The maximum Gasteiger partial charge on any atom is 0.161 e. The van der Waals surface area contributed by atoms with E-state index in [0.717, 1.165) is 31.2 Å². The maximum absolute atomic E-state index is 5.89. The molecule has 1 aliphatic rings. The average Bonchev–Trinajstić information content (AvgIpc) is 2.52. The Balaban J connectivity index is 1.99. The molecule has 5 heteroatoms. The van der Waals surface area contributed by atoms with E-state index < -0.39 is 0 Å². The molecule has 21 heavy (non-hydrogen) atoms. The molecule has 2 unspecified atom stereocenters. The van der Waals surface area contributed by atoms with Gasteiger partial charge in [0.2, 0.25) is 0 Å². The Morgan fingerprint density at radius 2 is 2.24 bits per heavy atom. The lowest BCUT2D eigenvalue weighted by molar-refractivity contribution is -0.0406. The Kier molecular flexibility index (Phi) is 5.85. The second-order valence-electron chi connectivity index (χ2n) is 5.49. The predicted molar refractivity (Wildman–Crippen MR) is 83.2 cm³/mol. The van der Waals surface area contributed by atoms with Crippen LogP contribution < -0.4 is 14.8 Å². The van der Waals surface area contributed by atoms with Crippen molar-refractivity contribution in [3.05, 3.63) is 23.8 Å². The van der Waals surface area contributed by atoms with Crippen molar-refractivity contribution < 1.29 is 14.2 Å². The smallest absolute Gasteiger partial charge is 0.161 e. The molecule has 1 aromatic carbocycles. The first kappa shape index (κ1) is 16.1. The van der Waals surface area contributed by atoms with Gasteiger partial charge in [-0.1, -0.05) is 6.07 Å². The summed E-state index contributed by atoms with van der Waals surface area (Å²) in [6, 6.07) is 6.33. The minimum absolute atomic E-state index is 0.115. The maximum atomic E-state index is 5.89. The summed E-state index contributed by atoms with van der Waals surface area (Å²) < 4.78 is 17.0. The van der Waals surface area contributed by atoms with Crippen molar-refractivity contribution in [3.8, 4) is 11.5 Å². The van der Waals surface area contributed by atoms with E-state index in [1.807, 2.05) is 19.2 Å². The fourth-order valence-electron chi connectivity index (χ4n) is 2.39. The van der Waals surface area contributed by atoms with E-state index in [1.54, 1.807) is 7.11 Å². The van der Waals surface area contributed by atoms with Crippen LogP contribution in [0, 0.1) is 0 Å². The molecule has 0 spiro atoms. The summed E-state index contributed by atoms with van der Waals surface area (Å²) in [5, 5.41) is 3.22. The van der Waals surface area contributed by atoms with E-state index in [-0.39, 0.29) is 12.1 Å². The van der Waals surface area contributed by atoms with Crippen LogP contribution >= 0.6 is 0 Å². The van der Waals surface area contributed by atoms with Crippen LogP contribution in [-0.4, -0.2) is 58.5 Å². The van der Waals surface area contributed by atoms with E-state index >= 15 is 0 Å². The molecule has 0 bridgehead atoms. The van der Waals surface area contributed by atoms with Crippen molar-refractivity contribution in [1.29, 1.82) is 0 Å². The minimum atomic E-state index is 0.115. The molecule has 2 rings (SSSR count). The fourth-order valence-corrected chi connectivity index (χ4v) is 2.39. The summed E-state index contributed by atoms with van der Waals surface area (Å²) in [6.07, 6.45) is 0.115. The van der Waals surface area contributed by atoms with Crippen LogP contribution in [0.4, 0.5) is 0 Å². The summed E-state index contributed by atoms with van der Waals surface area (Å²) in [4.78, 5) is 2.26. The van der Waals surface area contributed by atoms with Crippen LogP contribution in [0.3, 0.4) is 0 Å². The first-order chi connectivity index (χ1) is 10.1. The van der Waals surface area contributed by atoms with Gasteiger partial charge >= 0.3 is 0 Å². The first-order valence-corrected chi connectivity index (χ1v) is 7.42. The second kappa shape index (κ2) is 7.64. The van der Waals surface area contributed by atoms with Gasteiger partial charge < -0.3 is 24.4 Å². The molecule has 0 aromatic heterocycles. The van der Waals surface area contributed by atoms with E-state index in [0.29, 0.717) is 6.61 Å². The Labute approximate surface area is 127 Å². The molecule has 0 radical (unpaired) electrons. The zero-order valence-corrected chi connectivity index (χ0v) is 13.4. The van der Waals surface area contributed by atoms with Crippen LogP contribution in [0.5, 0.6) is 11.5 Å². The number of nitrogens with one attached hydrogen (secondary N) is 1. The normalized spacial score (nSPS) is 21.0. The van der Waals surface area contributed by atoms with Gasteiger partial charge in [0.15, 0.2) is 11.5 Å². The van der Waals surface area contributed by atoms with Crippen LogP contribution in [-0.2, 0) is 4.74 Å².